The minimum absolute atomic E-state index is 0.180. The van der Waals surface area contributed by atoms with Crippen LogP contribution in [0, 0.1) is 40.9 Å². The van der Waals surface area contributed by atoms with Crippen LogP contribution in [0.3, 0.4) is 0 Å². The van der Waals surface area contributed by atoms with Crippen molar-refractivity contribution in [1.82, 2.24) is 0 Å². The van der Waals surface area contributed by atoms with E-state index in [1.165, 1.54) is 5.56 Å². The number of carboxylic acid groups (broad SMARTS) is 2. The highest BCUT2D eigenvalue weighted by Crippen LogP contribution is 2.77. The molecule has 1 saturated heterocycles. The van der Waals surface area contributed by atoms with Gasteiger partial charge in [0.1, 0.15) is 11.0 Å². The van der Waals surface area contributed by atoms with Crippen molar-refractivity contribution in [3.8, 4) is 0 Å². The molecule has 1 heterocycles. The first kappa shape index (κ1) is 30.1. The van der Waals surface area contributed by atoms with Gasteiger partial charge in [0.05, 0.1) is 29.1 Å². The van der Waals surface area contributed by atoms with E-state index >= 15 is 0 Å². The van der Waals surface area contributed by atoms with E-state index in [0.29, 0.717) is 50.5 Å². The summed E-state index contributed by atoms with van der Waals surface area (Å²) in [5, 5.41) is 52.3. The molecule has 9 heteroatoms. The maximum absolute atomic E-state index is 12.7. The summed E-state index contributed by atoms with van der Waals surface area (Å²) in [5.74, 6) is -4.20. The van der Waals surface area contributed by atoms with Gasteiger partial charge in [-0.2, -0.15) is 0 Å². The predicted molar refractivity (Wildman–Crippen MR) is 164 cm³/mol. The first-order valence-corrected chi connectivity index (χ1v) is 16.5. The number of esters is 1. The number of aliphatic hydroxyl groups is 3. The fourth-order valence-electron chi connectivity index (χ4n) is 12.5. The number of hydrogen-bond donors (Lipinski definition) is 5. The Labute approximate surface area is 267 Å². The highest BCUT2D eigenvalue weighted by molar-refractivity contribution is 5.86. The van der Waals surface area contributed by atoms with Crippen molar-refractivity contribution in [3.05, 3.63) is 71.3 Å². The van der Waals surface area contributed by atoms with Gasteiger partial charge < -0.3 is 30.3 Å². The molecule has 46 heavy (non-hydrogen) atoms. The average Bonchev–Trinajstić information content (AvgIpc) is 3.59. The van der Waals surface area contributed by atoms with Crippen molar-refractivity contribution in [3.63, 3.8) is 0 Å². The topological polar surface area (TPSA) is 162 Å². The molecular weight excluding hydrogens is 588 g/mol. The number of aryl methyl sites for hydroxylation is 1. The van der Waals surface area contributed by atoms with E-state index in [1.807, 2.05) is 19.1 Å². The third kappa shape index (κ3) is 3.20. The molecule has 244 valence electrons. The van der Waals surface area contributed by atoms with E-state index in [-0.39, 0.29) is 17.3 Å². The van der Waals surface area contributed by atoms with E-state index < -0.39 is 69.4 Å². The van der Waals surface area contributed by atoms with E-state index in [2.05, 4.69) is 19.2 Å². The third-order valence-electron chi connectivity index (χ3n) is 14.3. The number of fused-ring (bicyclic) bond motifs is 4. The minimum Gasteiger partial charge on any atom is -0.481 e. The molecule has 0 unspecified atom stereocenters. The molecule has 5 saturated carbocycles. The van der Waals surface area contributed by atoms with Gasteiger partial charge in [-0.05, 0) is 110 Å². The van der Waals surface area contributed by atoms with Crippen LogP contribution in [0.4, 0.5) is 0 Å². The molecule has 8 aliphatic rings. The quantitative estimate of drug-likeness (QED) is 0.239. The summed E-state index contributed by atoms with van der Waals surface area (Å²) in [6.45, 7) is 11.7. The van der Waals surface area contributed by atoms with Gasteiger partial charge in [0.2, 0.25) is 0 Å². The lowest BCUT2D eigenvalue weighted by molar-refractivity contribution is -0.163. The summed E-state index contributed by atoms with van der Waals surface area (Å²) in [6.07, 6.45) is 6.87. The van der Waals surface area contributed by atoms with Crippen molar-refractivity contribution in [2.75, 3.05) is 0 Å². The summed E-state index contributed by atoms with van der Waals surface area (Å²) in [5.41, 5.74) is -0.429. The van der Waals surface area contributed by atoms with Gasteiger partial charge in [0.25, 0.3) is 0 Å². The first-order valence-electron chi connectivity index (χ1n) is 16.5. The number of carboxylic acids is 2. The zero-order valence-corrected chi connectivity index (χ0v) is 26.3. The number of carbonyl (C=O) groups excluding carboxylic acids is 1. The highest BCUT2D eigenvalue weighted by Gasteiger charge is 2.83. The van der Waals surface area contributed by atoms with E-state index in [0.717, 1.165) is 23.1 Å². The number of benzene rings is 1. The number of aliphatic hydroxyl groups excluding tert-OH is 1. The maximum atomic E-state index is 12.7. The molecule has 0 radical (unpaired) electrons. The second kappa shape index (κ2) is 8.79. The molecule has 0 amide bonds. The van der Waals surface area contributed by atoms with E-state index in [9.17, 15) is 39.9 Å². The van der Waals surface area contributed by atoms with Crippen LogP contribution < -0.4 is 0 Å². The van der Waals surface area contributed by atoms with Gasteiger partial charge in [-0.15, -0.1) is 0 Å². The first-order chi connectivity index (χ1) is 21.5. The second-order valence-corrected chi connectivity index (χ2v) is 16.1. The number of hydrogen-bond acceptors (Lipinski definition) is 7. The summed E-state index contributed by atoms with van der Waals surface area (Å²) in [6, 6.07) is 6.11. The molecule has 1 aromatic carbocycles. The molecular formula is C37H42O9. The van der Waals surface area contributed by atoms with Crippen molar-refractivity contribution in [1.29, 1.82) is 0 Å². The SMILES string of the molecule is C=C1C[C@]23C[C@@]1(O)CC[C@H]2[C@@]12C=C[C@H](O)[C@@](C)(C(=O)O1)[C@H]2[C@@H]3C(=O)O.C=C1C[C@]23C[C@@]1(O)CC[C@H]2c1cccc(C)c1[C@@H]3C(=O)O. The summed E-state index contributed by atoms with van der Waals surface area (Å²) in [7, 11) is 0. The molecule has 1 aliphatic heterocycles. The predicted octanol–water partition coefficient (Wildman–Crippen LogP) is 4.15. The van der Waals surface area contributed by atoms with Crippen LogP contribution in [0.15, 0.2) is 54.7 Å². The maximum Gasteiger partial charge on any atom is 0.316 e. The Morgan fingerprint density at radius 3 is 2.24 bits per heavy atom. The zero-order valence-electron chi connectivity index (χ0n) is 26.3. The van der Waals surface area contributed by atoms with Gasteiger partial charge in [-0.3, -0.25) is 14.4 Å². The van der Waals surface area contributed by atoms with Crippen LogP contribution >= 0.6 is 0 Å². The molecule has 0 aromatic heterocycles. The number of aliphatic carboxylic acids is 2. The van der Waals surface area contributed by atoms with Crippen molar-refractivity contribution in [2.45, 2.75) is 100.0 Å². The monoisotopic (exact) mass is 630 g/mol. The van der Waals surface area contributed by atoms with Gasteiger partial charge in [-0.25, -0.2) is 0 Å². The molecule has 7 aliphatic carbocycles. The van der Waals surface area contributed by atoms with Crippen LogP contribution in [-0.4, -0.2) is 66.3 Å². The lowest BCUT2D eigenvalue weighted by Gasteiger charge is -2.44. The Bertz CT molecular complexity index is 1690. The van der Waals surface area contributed by atoms with Gasteiger partial charge in [0.15, 0.2) is 0 Å². The summed E-state index contributed by atoms with van der Waals surface area (Å²) in [4.78, 5) is 37.1. The van der Waals surface area contributed by atoms with Crippen LogP contribution in [-0.2, 0) is 19.1 Å². The fraction of sp³-hybridized carbons (Fsp3) is 0.595. The molecule has 6 fully saturated rings. The minimum atomic E-state index is -1.27. The lowest BCUT2D eigenvalue weighted by Crippen LogP contribution is -2.50. The van der Waals surface area contributed by atoms with Crippen LogP contribution in [0.2, 0.25) is 0 Å². The van der Waals surface area contributed by atoms with Crippen LogP contribution in [0.5, 0.6) is 0 Å². The van der Waals surface area contributed by atoms with Crippen molar-refractivity contribution < 1.29 is 44.7 Å². The Hall–Kier alpha value is -3.27. The van der Waals surface area contributed by atoms with Gasteiger partial charge in [0, 0.05) is 17.3 Å². The van der Waals surface area contributed by atoms with E-state index in [4.69, 9.17) is 4.74 Å². The highest BCUT2D eigenvalue weighted by atomic mass is 16.6. The molecule has 9 nitrogen and oxygen atoms in total. The Morgan fingerprint density at radius 2 is 1.59 bits per heavy atom. The fourth-order valence-corrected chi connectivity index (χ4v) is 12.5. The normalized spacial score (nSPS) is 49.8. The van der Waals surface area contributed by atoms with Crippen LogP contribution in [0.25, 0.3) is 0 Å². The largest absolute Gasteiger partial charge is 0.481 e. The average molecular weight is 631 g/mol. The molecule has 6 bridgehead atoms. The van der Waals surface area contributed by atoms with Crippen molar-refractivity contribution in [2.24, 2.45) is 34.0 Å². The third-order valence-corrected chi connectivity index (χ3v) is 14.3. The number of rotatable bonds is 2. The smallest absolute Gasteiger partial charge is 0.316 e. The standard InChI is InChI=1S/C19H22O6.C18H20O3/c1-9-7-17-8-18(9,24)5-3-10(17)19-6-4-11(20)16(2,15(23)25-19)13(19)12(17)14(21)22;1-10-4-3-5-12-13-6-7-18(21)9-17(13,8-11(18)2)15(14(10)12)16(19)20/h4,6,10-13,20,24H,1,3,5,7-8H2,2H3,(H,21,22);3-5,13,15,21H,2,6-9H2,1H3,(H,19,20)/t10-,11+,12-,13-,16-,17+,18+,19-;13-,15+,17-,18-/m10/s1. The molecule has 2 spiro atoms. The number of carbonyl (C=O) groups is 3. The Kier molecular flexibility index (Phi) is 5.75. The summed E-state index contributed by atoms with van der Waals surface area (Å²) >= 11 is 0. The Morgan fingerprint density at radius 1 is 0.957 bits per heavy atom. The molecule has 12 atom stereocenters. The molecule has 9 rings (SSSR count). The molecule has 1 aromatic rings. The summed E-state index contributed by atoms with van der Waals surface area (Å²) < 4.78 is 5.87. The van der Waals surface area contributed by atoms with Gasteiger partial charge in [-0.1, -0.05) is 37.4 Å². The number of ether oxygens (including phenoxy) is 1. The molecule has 5 N–H and O–H groups in total. The lowest BCUT2D eigenvalue weighted by atomic mass is 9.61. The zero-order chi connectivity index (χ0) is 33.0. The Balaban J connectivity index is 0.000000138. The van der Waals surface area contributed by atoms with Crippen molar-refractivity contribution >= 4 is 17.9 Å². The second-order valence-electron chi connectivity index (χ2n) is 16.1. The van der Waals surface area contributed by atoms with E-state index in [1.54, 1.807) is 19.1 Å². The van der Waals surface area contributed by atoms with Gasteiger partial charge >= 0.3 is 17.9 Å². The van der Waals surface area contributed by atoms with Crippen LogP contribution in [0.1, 0.15) is 86.8 Å².